The number of hydrogen-bond donors (Lipinski definition) is 1. The summed E-state index contributed by atoms with van der Waals surface area (Å²) < 4.78 is 11.5. The summed E-state index contributed by atoms with van der Waals surface area (Å²) in [6.07, 6.45) is 2.35. The van der Waals surface area contributed by atoms with Crippen LogP contribution in [0.1, 0.15) is 32.3 Å². The summed E-state index contributed by atoms with van der Waals surface area (Å²) in [4.78, 5) is 0. The predicted molar refractivity (Wildman–Crippen MR) is 82.1 cm³/mol. The summed E-state index contributed by atoms with van der Waals surface area (Å²) in [6.45, 7) is 6.57. The summed E-state index contributed by atoms with van der Waals surface area (Å²) >= 11 is 0. The van der Waals surface area contributed by atoms with Crippen LogP contribution in [0, 0.1) is 0 Å². The Morgan fingerprint density at radius 1 is 1.20 bits per heavy atom. The number of hydrogen-bond acceptors (Lipinski definition) is 3. The Morgan fingerprint density at radius 2 is 1.85 bits per heavy atom. The summed E-state index contributed by atoms with van der Waals surface area (Å²) in [7, 11) is 2.04. The van der Waals surface area contributed by atoms with Gasteiger partial charge in [0.25, 0.3) is 0 Å². The molecule has 0 aromatic heterocycles. The van der Waals surface area contributed by atoms with Crippen LogP contribution in [0.25, 0.3) is 0 Å². The lowest BCUT2D eigenvalue weighted by molar-refractivity contribution is -0.00162. The quantitative estimate of drug-likeness (QED) is 0.867. The lowest BCUT2D eigenvalue weighted by Crippen LogP contribution is -2.53. The second-order valence-corrected chi connectivity index (χ2v) is 5.86. The Bertz CT molecular complexity index is 385. The van der Waals surface area contributed by atoms with E-state index in [0.29, 0.717) is 6.04 Å². The summed E-state index contributed by atoms with van der Waals surface area (Å²) in [6, 6.07) is 11.1. The van der Waals surface area contributed by atoms with Crippen LogP contribution in [0.5, 0.6) is 0 Å². The molecule has 3 nitrogen and oxygen atoms in total. The number of rotatable bonds is 6. The van der Waals surface area contributed by atoms with E-state index in [4.69, 9.17) is 9.47 Å². The molecular formula is C17H27NO2. The Morgan fingerprint density at radius 3 is 2.40 bits per heavy atom. The fourth-order valence-corrected chi connectivity index (χ4v) is 3.15. The van der Waals surface area contributed by atoms with Crippen molar-refractivity contribution in [2.75, 3.05) is 26.9 Å². The molecule has 1 aromatic carbocycles. The number of benzene rings is 1. The van der Waals surface area contributed by atoms with Gasteiger partial charge in [-0.15, -0.1) is 0 Å². The molecular weight excluding hydrogens is 250 g/mol. The number of ether oxygens (including phenoxy) is 2. The van der Waals surface area contributed by atoms with E-state index in [2.05, 4.69) is 49.5 Å². The van der Waals surface area contributed by atoms with Gasteiger partial charge in [-0.3, -0.25) is 0 Å². The molecule has 0 saturated carbocycles. The maximum Gasteiger partial charge on any atom is 0.0631 e. The largest absolute Gasteiger partial charge is 0.381 e. The molecule has 112 valence electrons. The Labute approximate surface area is 122 Å². The van der Waals surface area contributed by atoms with Crippen molar-refractivity contribution in [3.63, 3.8) is 0 Å². The third-order valence-electron chi connectivity index (χ3n) is 4.35. The van der Waals surface area contributed by atoms with Crippen molar-refractivity contribution in [1.82, 2.24) is 5.32 Å². The molecule has 0 aliphatic carbocycles. The van der Waals surface area contributed by atoms with Crippen molar-refractivity contribution in [1.29, 1.82) is 0 Å². The van der Waals surface area contributed by atoms with Crippen LogP contribution >= 0.6 is 0 Å². The van der Waals surface area contributed by atoms with E-state index in [-0.39, 0.29) is 11.5 Å². The fraction of sp³-hybridized carbons (Fsp3) is 0.647. The molecule has 1 aromatic rings. The molecule has 1 aliphatic heterocycles. The first-order chi connectivity index (χ1) is 9.69. The van der Waals surface area contributed by atoms with Gasteiger partial charge < -0.3 is 14.8 Å². The molecule has 0 amide bonds. The minimum absolute atomic E-state index is 0.114. The van der Waals surface area contributed by atoms with Crippen molar-refractivity contribution < 1.29 is 9.47 Å². The minimum Gasteiger partial charge on any atom is -0.381 e. The Kier molecular flexibility index (Phi) is 5.58. The van der Waals surface area contributed by atoms with Gasteiger partial charge in [-0.1, -0.05) is 30.3 Å². The van der Waals surface area contributed by atoms with Gasteiger partial charge >= 0.3 is 0 Å². The molecule has 20 heavy (non-hydrogen) atoms. The first kappa shape index (κ1) is 15.5. The van der Waals surface area contributed by atoms with Crippen LogP contribution in [0.3, 0.4) is 0 Å². The highest BCUT2D eigenvalue weighted by Gasteiger charge is 2.41. The first-order valence-corrected chi connectivity index (χ1v) is 7.61. The molecule has 3 heteroatoms. The summed E-state index contributed by atoms with van der Waals surface area (Å²) in [5.41, 5.74) is 1.51. The van der Waals surface area contributed by atoms with E-state index in [1.165, 1.54) is 5.56 Å². The highest BCUT2D eigenvalue weighted by molar-refractivity contribution is 5.28. The molecule has 1 unspecified atom stereocenters. The number of nitrogens with one attached hydrogen (secondary N) is 1. The van der Waals surface area contributed by atoms with Crippen LogP contribution in [-0.4, -0.2) is 39.0 Å². The third-order valence-corrected chi connectivity index (χ3v) is 4.35. The van der Waals surface area contributed by atoms with Gasteiger partial charge in [-0.05, 0) is 39.3 Å². The Hall–Kier alpha value is -0.900. The highest BCUT2D eigenvalue weighted by atomic mass is 16.5. The van der Waals surface area contributed by atoms with Crippen molar-refractivity contribution >= 4 is 0 Å². The van der Waals surface area contributed by atoms with Gasteiger partial charge in [0.05, 0.1) is 12.7 Å². The monoisotopic (exact) mass is 277 g/mol. The summed E-state index contributed by atoms with van der Waals surface area (Å²) in [5, 5.41) is 3.49. The molecule has 1 aliphatic rings. The highest BCUT2D eigenvalue weighted by Crippen LogP contribution is 2.38. The lowest BCUT2D eigenvalue weighted by Gasteiger charge is -2.44. The second-order valence-electron chi connectivity index (χ2n) is 5.86. The molecule has 0 spiro atoms. The van der Waals surface area contributed by atoms with Crippen LogP contribution in [0.15, 0.2) is 30.3 Å². The van der Waals surface area contributed by atoms with E-state index in [1.54, 1.807) is 0 Å². The third kappa shape index (κ3) is 3.40. The van der Waals surface area contributed by atoms with Gasteiger partial charge in [-0.2, -0.15) is 0 Å². The first-order valence-electron chi connectivity index (χ1n) is 7.61. The molecule has 0 bridgehead atoms. The van der Waals surface area contributed by atoms with E-state index >= 15 is 0 Å². The fourth-order valence-electron chi connectivity index (χ4n) is 3.15. The topological polar surface area (TPSA) is 30.5 Å². The van der Waals surface area contributed by atoms with Gasteiger partial charge in [-0.25, -0.2) is 0 Å². The van der Waals surface area contributed by atoms with Gasteiger partial charge in [0, 0.05) is 24.7 Å². The molecule has 1 saturated heterocycles. The van der Waals surface area contributed by atoms with E-state index < -0.39 is 0 Å². The molecule has 2 rings (SSSR count). The average molecular weight is 277 g/mol. The van der Waals surface area contributed by atoms with Crippen molar-refractivity contribution in [3.05, 3.63) is 35.9 Å². The van der Waals surface area contributed by atoms with Crippen molar-refractivity contribution in [3.8, 4) is 0 Å². The maximum absolute atomic E-state index is 5.89. The average Bonchev–Trinajstić information content (AvgIpc) is 2.49. The van der Waals surface area contributed by atoms with Crippen molar-refractivity contribution in [2.45, 2.75) is 44.2 Å². The summed E-state index contributed by atoms with van der Waals surface area (Å²) in [5.74, 6) is 0. The molecule has 1 atom stereocenters. The smallest absolute Gasteiger partial charge is 0.0631 e. The zero-order chi connectivity index (χ0) is 14.4. The maximum atomic E-state index is 5.89. The molecule has 1 N–H and O–H groups in total. The normalized spacial score (nSPS) is 20.0. The number of likely N-dealkylation sites (N-methyl/N-ethyl adjacent to an activating group) is 1. The zero-order valence-corrected chi connectivity index (χ0v) is 12.9. The van der Waals surface area contributed by atoms with E-state index in [0.717, 1.165) is 32.7 Å². The van der Waals surface area contributed by atoms with Gasteiger partial charge in [0.1, 0.15) is 0 Å². The van der Waals surface area contributed by atoms with Crippen molar-refractivity contribution in [2.24, 2.45) is 0 Å². The zero-order valence-electron chi connectivity index (χ0n) is 12.9. The SMILES string of the molecule is CNC(COC(C)C)C1(c2ccccc2)CCOCC1. The second kappa shape index (κ2) is 7.21. The van der Waals surface area contributed by atoms with Crippen LogP contribution in [-0.2, 0) is 14.9 Å². The molecule has 1 heterocycles. The van der Waals surface area contributed by atoms with E-state index in [9.17, 15) is 0 Å². The lowest BCUT2D eigenvalue weighted by atomic mass is 9.69. The van der Waals surface area contributed by atoms with Gasteiger partial charge in [0.15, 0.2) is 0 Å². The van der Waals surface area contributed by atoms with Crippen LogP contribution < -0.4 is 5.32 Å². The van der Waals surface area contributed by atoms with Crippen LogP contribution in [0.2, 0.25) is 0 Å². The predicted octanol–water partition coefficient (Wildman–Crippen LogP) is 2.75. The van der Waals surface area contributed by atoms with Gasteiger partial charge in [0.2, 0.25) is 0 Å². The molecule has 0 radical (unpaired) electrons. The van der Waals surface area contributed by atoms with E-state index in [1.807, 2.05) is 7.05 Å². The standard InChI is InChI=1S/C17H27NO2/c1-14(2)20-13-16(18-3)17(9-11-19-12-10-17)15-7-5-4-6-8-15/h4-8,14,16,18H,9-13H2,1-3H3. The minimum atomic E-state index is 0.114. The molecule has 1 fully saturated rings. The Balaban J connectivity index is 2.25. The van der Waals surface area contributed by atoms with Crippen LogP contribution in [0.4, 0.5) is 0 Å².